The number of aromatic nitrogens is 2. The van der Waals surface area contributed by atoms with E-state index in [0.717, 1.165) is 22.5 Å². The highest BCUT2D eigenvalue weighted by molar-refractivity contribution is 7.12. The number of benzene rings is 1. The molecule has 0 spiro atoms. The fraction of sp³-hybridized carbons (Fsp3) is 0.222. The summed E-state index contributed by atoms with van der Waals surface area (Å²) in [6.45, 7) is 6.12. The van der Waals surface area contributed by atoms with Crippen LogP contribution in [0.5, 0.6) is 0 Å². The van der Waals surface area contributed by atoms with Crippen molar-refractivity contribution in [3.05, 3.63) is 68.9 Å². The number of carbonyl (C=O) groups excluding carboxylic acids is 1. The summed E-state index contributed by atoms with van der Waals surface area (Å²) in [5.74, 6) is -0.394. The predicted molar refractivity (Wildman–Crippen MR) is 94.2 cm³/mol. The Morgan fingerprint density at radius 2 is 2.08 bits per heavy atom. The molecule has 0 unspecified atom stereocenters. The molecule has 0 fully saturated rings. The second kappa shape index (κ2) is 6.57. The maximum absolute atomic E-state index is 13.3. The molecule has 0 aliphatic rings. The van der Waals surface area contributed by atoms with Crippen molar-refractivity contribution in [3.8, 4) is 0 Å². The van der Waals surface area contributed by atoms with Crippen LogP contribution in [-0.4, -0.2) is 15.7 Å². The van der Waals surface area contributed by atoms with Crippen LogP contribution in [0.25, 0.3) is 0 Å². The van der Waals surface area contributed by atoms with Crippen LogP contribution in [0.2, 0.25) is 0 Å². The standard InChI is InChI=1S/C18H18FN3OS/c1-11-7-8-24-17(11)18(23)20-16-12(2)21-22(13(16)3)10-14-5-4-6-15(19)9-14/h4-9H,10H2,1-3H3,(H,20,23). The van der Waals surface area contributed by atoms with E-state index in [1.807, 2.05) is 38.3 Å². The number of thiophene rings is 1. The highest BCUT2D eigenvalue weighted by Crippen LogP contribution is 2.23. The molecule has 1 N–H and O–H groups in total. The van der Waals surface area contributed by atoms with Crippen LogP contribution >= 0.6 is 11.3 Å². The van der Waals surface area contributed by atoms with Gasteiger partial charge in [-0.2, -0.15) is 5.10 Å². The van der Waals surface area contributed by atoms with E-state index in [0.29, 0.717) is 17.1 Å². The van der Waals surface area contributed by atoms with E-state index in [9.17, 15) is 9.18 Å². The topological polar surface area (TPSA) is 46.9 Å². The summed E-state index contributed by atoms with van der Waals surface area (Å²) < 4.78 is 15.1. The van der Waals surface area contributed by atoms with E-state index in [4.69, 9.17) is 0 Å². The van der Waals surface area contributed by atoms with Crippen LogP contribution < -0.4 is 5.32 Å². The van der Waals surface area contributed by atoms with Crippen molar-refractivity contribution in [1.29, 1.82) is 0 Å². The van der Waals surface area contributed by atoms with Crippen molar-refractivity contribution in [3.63, 3.8) is 0 Å². The third-order valence-electron chi connectivity index (χ3n) is 3.91. The molecule has 4 nitrogen and oxygen atoms in total. The summed E-state index contributed by atoms with van der Waals surface area (Å²) in [7, 11) is 0. The van der Waals surface area contributed by atoms with Gasteiger partial charge in [-0.15, -0.1) is 11.3 Å². The number of nitrogens with one attached hydrogen (secondary N) is 1. The van der Waals surface area contributed by atoms with Crippen molar-refractivity contribution in [1.82, 2.24) is 9.78 Å². The normalized spacial score (nSPS) is 10.8. The monoisotopic (exact) mass is 343 g/mol. The molecule has 1 aromatic carbocycles. The zero-order valence-corrected chi connectivity index (χ0v) is 14.6. The molecular formula is C18H18FN3OS. The minimum Gasteiger partial charge on any atom is -0.318 e. The maximum Gasteiger partial charge on any atom is 0.266 e. The number of amides is 1. The Morgan fingerprint density at radius 1 is 1.29 bits per heavy atom. The van der Waals surface area contributed by atoms with Crippen molar-refractivity contribution < 1.29 is 9.18 Å². The largest absolute Gasteiger partial charge is 0.318 e. The molecule has 0 atom stereocenters. The van der Waals surface area contributed by atoms with Crippen LogP contribution in [-0.2, 0) is 6.54 Å². The van der Waals surface area contributed by atoms with Crippen LogP contribution in [0.4, 0.5) is 10.1 Å². The summed E-state index contributed by atoms with van der Waals surface area (Å²) >= 11 is 1.42. The maximum atomic E-state index is 13.3. The lowest BCUT2D eigenvalue weighted by Gasteiger charge is -2.07. The van der Waals surface area contributed by atoms with Gasteiger partial charge in [-0.3, -0.25) is 9.48 Å². The molecule has 3 aromatic rings. The highest BCUT2D eigenvalue weighted by Gasteiger charge is 2.17. The fourth-order valence-electron chi connectivity index (χ4n) is 2.62. The number of nitrogens with zero attached hydrogens (tertiary/aromatic N) is 2. The van der Waals surface area contributed by atoms with E-state index < -0.39 is 0 Å². The molecule has 2 heterocycles. The molecular weight excluding hydrogens is 325 g/mol. The predicted octanol–water partition coefficient (Wildman–Crippen LogP) is 4.31. The van der Waals surface area contributed by atoms with E-state index in [-0.39, 0.29) is 11.7 Å². The molecule has 3 rings (SSSR count). The lowest BCUT2D eigenvalue weighted by Crippen LogP contribution is -2.13. The fourth-order valence-corrected chi connectivity index (χ4v) is 3.44. The first-order chi connectivity index (χ1) is 11.5. The Balaban J connectivity index is 1.84. The number of rotatable bonds is 4. The molecule has 0 aliphatic heterocycles. The van der Waals surface area contributed by atoms with Gasteiger partial charge in [-0.1, -0.05) is 12.1 Å². The molecule has 0 saturated heterocycles. The van der Waals surface area contributed by atoms with Crippen molar-refractivity contribution in [2.24, 2.45) is 0 Å². The van der Waals surface area contributed by atoms with Crippen molar-refractivity contribution in [2.45, 2.75) is 27.3 Å². The first-order valence-electron chi connectivity index (χ1n) is 7.59. The van der Waals surface area contributed by atoms with Crippen LogP contribution in [0.15, 0.2) is 35.7 Å². The highest BCUT2D eigenvalue weighted by atomic mass is 32.1. The smallest absolute Gasteiger partial charge is 0.266 e. The molecule has 2 aromatic heterocycles. The van der Waals surface area contributed by atoms with E-state index in [2.05, 4.69) is 10.4 Å². The van der Waals surface area contributed by atoms with Crippen LogP contribution in [0, 0.1) is 26.6 Å². The van der Waals surface area contributed by atoms with Gasteiger partial charge in [-0.25, -0.2) is 4.39 Å². The Bertz CT molecular complexity index is 898. The van der Waals surface area contributed by atoms with E-state index in [1.165, 1.54) is 23.5 Å². The lowest BCUT2D eigenvalue weighted by atomic mass is 10.2. The zero-order valence-electron chi connectivity index (χ0n) is 13.8. The first-order valence-corrected chi connectivity index (χ1v) is 8.47. The van der Waals surface area contributed by atoms with Gasteiger partial charge in [0.1, 0.15) is 5.82 Å². The van der Waals surface area contributed by atoms with Gasteiger partial charge in [0.05, 0.1) is 28.5 Å². The molecule has 24 heavy (non-hydrogen) atoms. The number of hydrogen-bond donors (Lipinski definition) is 1. The zero-order chi connectivity index (χ0) is 17.3. The minimum absolute atomic E-state index is 0.126. The number of carbonyl (C=O) groups is 1. The van der Waals surface area contributed by atoms with Gasteiger partial charge < -0.3 is 5.32 Å². The average molecular weight is 343 g/mol. The number of halogens is 1. The second-order valence-electron chi connectivity index (χ2n) is 5.72. The Hall–Kier alpha value is -2.47. The third-order valence-corrected chi connectivity index (χ3v) is 4.92. The Kier molecular flexibility index (Phi) is 4.49. The van der Waals surface area contributed by atoms with Gasteiger partial charge in [0, 0.05) is 0 Å². The minimum atomic E-state index is -0.268. The number of hydrogen-bond acceptors (Lipinski definition) is 3. The first kappa shape index (κ1) is 16.4. The molecule has 6 heteroatoms. The summed E-state index contributed by atoms with van der Waals surface area (Å²) in [4.78, 5) is 13.1. The molecule has 0 saturated carbocycles. The average Bonchev–Trinajstić information content (AvgIpc) is 3.06. The quantitative estimate of drug-likeness (QED) is 0.767. The van der Waals surface area contributed by atoms with Gasteiger partial charge in [0.15, 0.2) is 0 Å². The number of aryl methyl sites for hydroxylation is 2. The van der Waals surface area contributed by atoms with Gasteiger partial charge in [-0.05, 0) is 55.5 Å². The molecule has 124 valence electrons. The van der Waals surface area contributed by atoms with Crippen molar-refractivity contribution >= 4 is 22.9 Å². The second-order valence-corrected chi connectivity index (χ2v) is 6.64. The number of anilines is 1. The van der Waals surface area contributed by atoms with E-state index >= 15 is 0 Å². The van der Waals surface area contributed by atoms with Gasteiger partial charge in [0.25, 0.3) is 5.91 Å². The summed E-state index contributed by atoms with van der Waals surface area (Å²) in [5, 5.41) is 9.33. The summed E-state index contributed by atoms with van der Waals surface area (Å²) in [6, 6.07) is 8.36. The Labute approximate surface area is 143 Å². The SMILES string of the molecule is Cc1ccsc1C(=O)Nc1c(C)nn(Cc2cccc(F)c2)c1C. The molecule has 0 aliphatic carbocycles. The summed E-state index contributed by atoms with van der Waals surface area (Å²) in [6.07, 6.45) is 0. The lowest BCUT2D eigenvalue weighted by molar-refractivity contribution is 0.103. The molecule has 0 bridgehead atoms. The van der Waals surface area contributed by atoms with Crippen LogP contribution in [0.3, 0.4) is 0 Å². The molecule has 1 amide bonds. The van der Waals surface area contributed by atoms with Crippen molar-refractivity contribution in [2.75, 3.05) is 5.32 Å². The van der Waals surface area contributed by atoms with Gasteiger partial charge in [0.2, 0.25) is 0 Å². The van der Waals surface area contributed by atoms with Crippen LogP contribution in [0.1, 0.15) is 32.2 Å². The third kappa shape index (κ3) is 3.23. The molecule has 0 radical (unpaired) electrons. The Morgan fingerprint density at radius 3 is 2.75 bits per heavy atom. The van der Waals surface area contributed by atoms with Gasteiger partial charge >= 0.3 is 0 Å². The summed E-state index contributed by atoms with van der Waals surface area (Å²) in [5.41, 5.74) is 4.09. The van der Waals surface area contributed by atoms with E-state index in [1.54, 1.807) is 10.7 Å².